The number of anilines is 1. The quantitative estimate of drug-likeness (QED) is 0.658. The third kappa shape index (κ3) is 2.60. The summed E-state index contributed by atoms with van der Waals surface area (Å²) in [6.07, 6.45) is 3.04. The minimum absolute atomic E-state index is 0.625. The number of halogens is 1. The second-order valence-electron chi connectivity index (χ2n) is 3.59. The van der Waals surface area contributed by atoms with Crippen molar-refractivity contribution in [2.75, 3.05) is 5.32 Å². The van der Waals surface area contributed by atoms with Gasteiger partial charge in [-0.15, -0.1) is 0 Å². The first kappa shape index (κ1) is 12.4. The van der Waals surface area contributed by atoms with Crippen molar-refractivity contribution in [2.24, 2.45) is 10.7 Å². The fourth-order valence-electron chi connectivity index (χ4n) is 1.57. The Bertz CT molecular complexity index is 619. The SMILES string of the molecule is C/C=C(/N=C\N)Nc1ccc2cccc(Cl)c2n1. The van der Waals surface area contributed by atoms with Gasteiger partial charge in [0.05, 0.1) is 16.9 Å². The van der Waals surface area contributed by atoms with Gasteiger partial charge in [-0.2, -0.15) is 0 Å². The Labute approximate surface area is 110 Å². The summed E-state index contributed by atoms with van der Waals surface area (Å²) in [5.41, 5.74) is 6.02. The van der Waals surface area contributed by atoms with E-state index in [-0.39, 0.29) is 0 Å². The highest BCUT2D eigenvalue weighted by Gasteiger charge is 2.02. The average Bonchev–Trinajstić information content (AvgIpc) is 2.39. The van der Waals surface area contributed by atoms with E-state index in [0.29, 0.717) is 16.7 Å². The number of hydrogen-bond donors (Lipinski definition) is 2. The summed E-state index contributed by atoms with van der Waals surface area (Å²) in [6.45, 7) is 1.86. The van der Waals surface area contributed by atoms with Crippen molar-refractivity contribution in [3.63, 3.8) is 0 Å². The van der Waals surface area contributed by atoms with Gasteiger partial charge in [0.1, 0.15) is 11.6 Å². The van der Waals surface area contributed by atoms with Crippen molar-refractivity contribution < 1.29 is 0 Å². The fraction of sp³-hybridized carbons (Fsp3) is 0.0769. The lowest BCUT2D eigenvalue weighted by Crippen LogP contribution is -2.01. The van der Waals surface area contributed by atoms with Crippen LogP contribution in [0.4, 0.5) is 5.82 Å². The molecule has 0 amide bonds. The number of rotatable bonds is 3. The number of hydrogen-bond acceptors (Lipinski definition) is 3. The van der Waals surface area contributed by atoms with Crippen LogP contribution >= 0.6 is 11.6 Å². The Hall–Kier alpha value is -2.07. The van der Waals surface area contributed by atoms with Crippen LogP contribution in [0.1, 0.15) is 6.92 Å². The molecule has 0 saturated carbocycles. The first-order chi connectivity index (χ1) is 8.74. The van der Waals surface area contributed by atoms with Gasteiger partial charge in [0.15, 0.2) is 0 Å². The van der Waals surface area contributed by atoms with Gasteiger partial charge in [-0.3, -0.25) is 0 Å². The third-order valence-corrected chi connectivity index (χ3v) is 2.72. The van der Waals surface area contributed by atoms with Gasteiger partial charge >= 0.3 is 0 Å². The molecule has 0 unspecified atom stereocenters. The molecule has 0 atom stereocenters. The first-order valence-electron chi connectivity index (χ1n) is 5.47. The molecule has 5 heteroatoms. The second kappa shape index (κ2) is 5.51. The molecule has 2 aromatic rings. The van der Waals surface area contributed by atoms with Gasteiger partial charge in [-0.25, -0.2) is 9.98 Å². The number of allylic oxidation sites excluding steroid dienone is 1. The van der Waals surface area contributed by atoms with E-state index in [1.165, 1.54) is 6.34 Å². The van der Waals surface area contributed by atoms with E-state index >= 15 is 0 Å². The number of pyridine rings is 1. The van der Waals surface area contributed by atoms with E-state index in [2.05, 4.69) is 15.3 Å². The van der Waals surface area contributed by atoms with Crippen molar-refractivity contribution in [1.29, 1.82) is 0 Å². The Morgan fingerprint density at radius 2 is 2.22 bits per heavy atom. The number of para-hydroxylation sites is 1. The summed E-state index contributed by atoms with van der Waals surface area (Å²) in [6, 6.07) is 9.50. The number of aromatic nitrogens is 1. The molecule has 92 valence electrons. The largest absolute Gasteiger partial charge is 0.390 e. The highest BCUT2D eigenvalue weighted by atomic mass is 35.5. The van der Waals surface area contributed by atoms with Gasteiger partial charge in [0.25, 0.3) is 0 Å². The molecule has 0 bridgehead atoms. The number of nitrogens with one attached hydrogen (secondary N) is 1. The van der Waals surface area contributed by atoms with Gasteiger partial charge in [-0.05, 0) is 31.2 Å². The van der Waals surface area contributed by atoms with Gasteiger partial charge in [0.2, 0.25) is 0 Å². The number of benzene rings is 1. The van der Waals surface area contributed by atoms with Crippen molar-refractivity contribution in [1.82, 2.24) is 4.98 Å². The summed E-state index contributed by atoms with van der Waals surface area (Å²) < 4.78 is 0. The van der Waals surface area contributed by atoms with Gasteiger partial charge in [-0.1, -0.05) is 23.7 Å². The topological polar surface area (TPSA) is 63.3 Å². The number of nitrogens with two attached hydrogens (primary N) is 1. The molecule has 1 aromatic heterocycles. The van der Waals surface area contributed by atoms with Crippen molar-refractivity contribution >= 4 is 34.7 Å². The zero-order valence-electron chi connectivity index (χ0n) is 9.89. The number of nitrogens with zero attached hydrogens (tertiary/aromatic N) is 2. The smallest absolute Gasteiger partial charge is 0.132 e. The van der Waals surface area contributed by atoms with Crippen LogP contribution in [0.3, 0.4) is 0 Å². The van der Waals surface area contributed by atoms with Crippen LogP contribution < -0.4 is 11.1 Å². The lowest BCUT2D eigenvalue weighted by Gasteiger charge is -2.07. The molecular formula is C13H13ClN4. The second-order valence-corrected chi connectivity index (χ2v) is 3.99. The molecule has 18 heavy (non-hydrogen) atoms. The molecule has 0 spiro atoms. The van der Waals surface area contributed by atoms with Crippen molar-refractivity contribution in [2.45, 2.75) is 6.92 Å². The predicted molar refractivity (Wildman–Crippen MR) is 76.8 cm³/mol. The maximum absolute atomic E-state index is 6.11. The predicted octanol–water partition coefficient (Wildman–Crippen LogP) is 3.15. The van der Waals surface area contributed by atoms with E-state index in [1.807, 2.05) is 43.3 Å². The van der Waals surface area contributed by atoms with Crippen LogP contribution in [0.25, 0.3) is 10.9 Å². The molecular weight excluding hydrogens is 248 g/mol. The minimum Gasteiger partial charge on any atom is -0.390 e. The van der Waals surface area contributed by atoms with Gasteiger partial charge < -0.3 is 11.1 Å². The standard InChI is InChI=1S/C13H13ClN4/c1-2-11(16-8-15)17-12-7-6-9-4-3-5-10(14)13(9)18-12/h2-8H,1H3,(H2,15,16)(H,17,18)/b11-2-. The van der Waals surface area contributed by atoms with Gasteiger partial charge in [0, 0.05) is 5.39 Å². The molecule has 1 heterocycles. The zero-order valence-corrected chi connectivity index (χ0v) is 10.6. The summed E-state index contributed by atoms with van der Waals surface area (Å²) in [5, 5.41) is 4.69. The van der Waals surface area contributed by atoms with Crippen LogP contribution in [0.2, 0.25) is 5.02 Å². The number of fused-ring (bicyclic) bond motifs is 1. The molecule has 0 radical (unpaired) electrons. The van der Waals surface area contributed by atoms with Crippen LogP contribution in [-0.4, -0.2) is 11.3 Å². The summed E-state index contributed by atoms with van der Waals surface area (Å²) in [7, 11) is 0. The average molecular weight is 261 g/mol. The Balaban J connectivity index is 2.38. The highest BCUT2D eigenvalue weighted by Crippen LogP contribution is 2.23. The third-order valence-electron chi connectivity index (χ3n) is 2.41. The monoisotopic (exact) mass is 260 g/mol. The van der Waals surface area contributed by atoms with E-state index in [0.717, 1.165) is 10.9 Å². The van der Waals surface area contributed by atoms with E-state index in [4.69, 9.17) is 17.3 Å². The highest BCUT2D eigenvalue weighted by molar-refractivity contribution is 6.35. The molecule has 0 aliphatic rings. The van der Waals surface area contributed by atoms with E-state index in [1.54, 1.807) is 0 Å². The molecule has 3 N–H and O–H groups in total. The van der Waals surface area contributed by atoms with E-state index < -0.39 is 0 Å². The van der Waals surface area contributed by atoms with E-state index in [9.17, 15) is 0 Å². The maximum atomic E-state index is 6.11. The summed E-state index contributed by atoms with van der Waals surface area (Å²) in [4.78, 5) is 8.42. The summed E-state index contributed by atoms with van der Waals surface area (Å²) >= 11 is 6.11. The lowest BCUT2D eigenvalue weighted by atomic mass is 10.2. The Morgan fingerprint density at radius 1 is 1.39 bits per heavy atom. The minimum atomic E-state index is 0.625. The molecule has 0 aliphatic carbocycles. The van der Waals surface area contributed by atoms with Crippen molar-refractivity contribution in [3.8, 4) is 0 Å². The summed E-state index contributed by atoms with van der Waals surface area (Å²) in [5.74, 6) is 1.31. The molecule has 1 aromatic carbocycles. The Kier molecular flexibility index (Phi) is 3.79. The van der Waals surface area contributed by atoms with Crippen LogP contribution in [0, 0.1) is 0 Å². The lowest BCUT2D eigenvalue weighted by molar-refractivity contribution is 1.24. The normalized spacial score (nSPS) is 12.2. The fourth-order valence-corrected chi connectivity index (χ4v) is 1.80. The van der Waals surface area contributed by atoms with Crippen LogP contribution in [0.5, 0.6) is 0 Å². The Morgan fingerprint density at radius 3 is 2.94 bits per heavy atom. The van der Waals surface area contributed by atoms with Crippen molar-refractivity contribution in [3.05, 3.63) is 47.3 Å². The van der Waals surface area contributed by atoms with Crippen LogP contribution in [0.15, 0.2) is 47.2 Å². The number of aliphatic imine (C=N–C) groups is 1. The molecule has 0 fully saturated rings. The molecule has 0 aliphatic heterocycles. The molecule has 0 saturated heterocycles. The zero-order chi connectivity index (χ0) is 13.0. The maximum Gasteiger partial charge on any atom is 0.132 e. The molecule has 2 rings (SSSR count). The first-order valence-corrected chi connectivity index (χ1v) is 5.85. The van der Waals surface area contributed by atoms with Crippen LogP contribution in [-0.2, 0) is 0 Å². The molecule has 4 nitrogen and oxygen atoms in total.